The van der Waals surface area contributed by atoms with Crippen LogP contribution in [0.15, 0.2) is 6.07 Å². The maximum absolute atomic E-state index is 10.9. The number of anilines is 1. The highest BCUT2D eigenvalue weighted by molar-refractivity contribution is 7.99. The quantitative estimate of drug-likeness (QED) is 0.740. The van der Waals surface area contributed by atoms with E-state index in [1.807, 2.05) is 18.7 Å². The van der Waals surface area contributed by atoms with Crippen LogP contribution < -0.4 is 5.32 Å². The number of carboxylic acids is 1. The number of thioether (sulfide) groups is 1. The Morgan fingerprint density at radius 2 is 2.28 bits per heavy atom. The third-order valence-electron chi connectivity index (χ3n) is 2.35. The molecule has 0 spiro atoms. The van der Waals surface area contributed by atoms with Crippen molar-refractivity contribution in [1.82, 2.24) is 9.97 Å². The minimum atomic E-state index is -1.03. The van der Waals surface area contributed by atoms with Gasteiger partial charge in [0.2, 0.25) is 5.95 Å². The summed E-state index contributed by atoms with van der Waals surface area (Å²) < 4.78 is 0. The van der Waals surface area contributed by atoms with Crippen molar-refractivity contribution >= 4 is 23.7 Å². The maximum Gasteiger partial charge on any atom is 0.354 e. The van der Waals surface area contributed by atoms with Gasteiger partial charge in [0, 0.05) is 11.7 Å². The molecular weight excluding hydrogens is 250 g/mol. The third kappa shape index (κ3) is 4.91. The normalized spacial score (nSPS) is 12.2. The van der Waals surface area contributed by atoms with Crippen LogP contribution in [0.3, 0.4) is 0 Å². The number of aryl methyl sites for hydroxylation is 1. The molecule has 1 aromatic heterocycles. The summed E-state index contributed by atoms with van der Waals surface area (Å²) in [5.74, 6) is 1.54. The Morgan fingerprint density at radius 1 is 1.56 bits per heavy atom. The Morgan fingerprint density at radius 3 is 2.89 bits per heavy atom. The molecule has 0 aliphatic carbocycles. The minimum Gasteiger partial charge on any atom is -0.477 e. The number of carboxylic acid groups (broad SMARTS) is 1. The summed E-state index contributed by atoms with van der Waals surface area (Å²) in [7, 11) is 0. The highest BCUT2D eigenvalue weighted by atomic mass is 32.2. The number of nitrogens with one attached hydrogen (secondary N) is 1. The molecular formula is C12H19N3O2S. The molecule has 0 aromatic carbocycles. The zero-order valence-corrected chi connectivity index (χ0v) is 11.8. The molecule has 1 unspecified atom stereocenters. The van der Waals surface area contributed by atoms with E-state index in [0.717, 1.165) is 17.9 Å². The molecule has 5 nitrogen and oxygen atoms in total. The maximum atomic E-state index is 10.9. The molecule has 1 atom stereocenters. The van der Waals surface area contributed by atoms with Crippen LogP contribution in [0, 0.1) is 6.92 Å². The highest BCUT2D eigenvalue weighted by Gasteiger charge is 2.10. The minimum absolute atomic E-state index is 0.0279. The summed E-state index contributed by atoms with van der Waals surface area (Å²) in [5.41, 5.74) is 0.681. The summed E-state index contributed by atoms with van der Waals surface area (Å²) in [5, 5.41) is 12.1. The number of aromatic nitrogens is 2. The first-order chi connectivity index (χ1) is 8.52. The lowest BCUT2D eigenvalue weighted by molar-refractivity contribution is 0.0690. The van der Waals surface area contributed by atoms with Crippen LogP contribution in [-0.2, 0) is 0 Å². The van der Waals surface area contributed by atoms with Crippen molar-refractivity contribution < 1.29 is 9.90 Å². The van der Waals surface area contributed by atoms with Crippen LogP contribution in [0.25, 0.3) is 0 Å². The van der Waals surface area contributed by atoms with Gasteiger partial charge in [-0.05, 0) is 37.8 Å². The van der Waals surface area contributed by atoms with E-state index in [-0.39, 0.29) is 11.7 Å². The van der Waals surface area contributed by atoms with Gasteiger partial charge in [0.1, 0.15) is 0 Å². The van der Waals surface area contributed by atoms with Gasteiger partial charge in [0.25, 0.3) is 0 Å². The Balaban J connectivity index is 2.63. The second kappa shape index (κ2) is 7.20. The molecule has 1 rings (SSSR count). The standard InChI is InChI=1S/C12H19N3O2S/c1-4-18-6-5-8(2)13-12-14-9(3)7-10(15-12)11(16)17/h7-8H,4-6H2,1-3H3,(H,16,17)(H,13,14,15). The number of nitrogens with zero attached hydrogens (tertiary/aromatic N) is 2. The lowest BCUT2D eigenvalue weighted by atomic mass is 10.2. The van der Waals surface area contributed by atoms with E-state index in [1.165, 1.54) is 6.07 Å². The van der Waals surface area contributed by atoms with Crippen LogP contribution in [0.1, 0.15) is 36.5 Å². The Kier molecular flexibility index (Phi) is 5.91. The average Bonchev–Trinajstić information content (AvgIpc) is 2.28. The molecule has 0 aliphatic heterocycles. The predicted octanol–water partition coefficient (Wildman–Crippen LogP) is 2.43. The van der Waals surface area contributed by atoms with Crippen molar-refractivity contribution in [3.05, 3.63) is 17.5 Å². The van der Waals surface area contributed by atoms with E-state index in [9.17, 15) is 4.79 Å². The van der Waals surface area contributed by atoms with Gasteiger partial charge in [-0.3, -0.25) is 0 Å². The molecule has 0 radical (unpaired) electrons. The second-order valence-corrected chi connectivity index (χ2v) is 5.45. The molecule has 0 saturated heterocycles. The molecule has 0 aliphatic rings. The first-order valence-electron chi connectivity index (χ1n) is 5.96. The molecule has 100 valence electrons. The van der Waals surface area contributed by atoms with Crippen molar-refractivity contribution in [3.63, 3.8) is 0 Å². The van der Waals surface area contributed by atoms with E-state index in [4.69, 9.17) is 5.11 Å². The lowest BCUT2D eigenvalue weighted by Crippen LogP contribution is -2.19. The van der Waals surface area contributed by atoms with Crippen molar-refractivity contribution in [1.29, 1.82) is 0 Å². The fourth-order valence-electron chi connectivity index (χ4n) is 1.44. The lowest BCUT2D eigenvalue weighted by Gasteiger charge is -2.13. The van der Waals surface area contributed by atoms with Crippen molar-refractivity contribution in [2.45, 2.75) is 33.2 Å². The molecule has 2 N–H and O–H groups in total. The monoisotopic (exact) mass is 269 g/mol. The number of rotatable bonds is 7. The van der Waals surface area contributed by atoms with E-state index in [1.54, 1.807) is 6.92 Å². The first kappa shape index (κ1) is 14.8. The number of carbonyl (C=O) groups is 1. The third-order valence-corrected chi connectivity index (χ3v) is 3.28. The SMILES string of the molecule is CCSCCC(C)Nc1nc(C)cc(C(=O)O)n1. The first-order valence-corrected chi connectivity index (χ1v) is 7.11. The fraction of sp³-hybridized carbons (Fsp3) is 0.583. The van der Waals surface area contributed by atoms with E-state index < -0.39 is 5.97 Å². The van der Waals surface area contributed by atoms with Gasteiger partial charge in [0.15, 0.2) is 5.69 Å². The van der Waals surface area contributed by atoms with Gasteiger partial charge in [-0.2, -0.15) is 11.8 Å². The van der Waals surface area contributed by atoms with Crippen LogP contribution in [-0.4, -0.2) is 38.6 Å². The summed E-state index contributed by atoms with van der Waals surface area (Å²) in [6.07, 6.45) is 0.998. The molecule has 0 saturated carbocycles. The Hall–Kier alpha value is -1.30. The number of hydrogen-bond acceptors (Lipinski definition) is 5. The van der Waals surface area contributed by atoms with Gasteiger partial charge in [-0.25, -0.2) is 14.8 Å². The molecule has 1 heterocycles. The molecule has 0 fully saturated rings. The molecule has 0 bridgehead atoms. The molecule has 1 aromatic rings. The Labute approximate surface area is 111 Å². The van der Waals surface area contributed by atoms with Gasteiger partial charge in [-0.1, -0.05) is 6.92 Å². The zero-order valence-electron chi connectivity index (χ0n) is 10.9. The van der Waals surface area contributed by atoms with Crippen molar-refractivity contribution in [2.24, 2.45) is 0 Å². The fourth-order valence-corrected chi connectivity index (χ4v) is 2.25. The van der Waals surface area contributed by atoms with Crippen LogP contribution in [0.4, 0.5) is 5.95 Å². The van der Waals surface area contributed by atoms with Gasteiger partial charge >= 0.3 is 5.97 Å². The second-order valence-electron chi connectivity index (χ2n) is 4.05. The Bertz CT molecular complexity index is 412. The van der Waals surface area contributed by atoms with E-state index in [2.05, 4.69) is 22.2 Å². The molecule has 6 heteroatoms. The van der Waals surface area contributed by atoms with Crippen molar-refractivity contribution in [2.75, 3.05) is 16.8 Å². The van der Waals surface area contributed by atoms with Crippen LogP contribution in [0.2, 0.25) is 0 Å². The number of hydrogen-bond donors (Lipinski definition) is 2. The summed E-state index contributed by atoms with van der Waals surface area (Å²) in [6, 6.07) is 1.69. The van der Waals surface area contributed by atoms with Crippen LogP contribution >= 0.6 is 11.8 Å². The summed E-state index contributed by atoms with van der Waals surface area (Å²) in [4.78, 5) is 19.0. The van der Waals surface area contributed by atoms with Crippen molar-refractivity contribution in [3.8, 4) is 0 Å². The average molecular weight is 269 g/mol. The van der Waals surface area contributed by atoms with E-state index in [0.29, 0.717) is 11.6 Å². The van der Waals surface area contributed by atoms with E-state index >= 15 is 0 Å². The highest BCUT2D eigenvalue weighted by Crippen LogP contribution is 2.10. The smallest absolute Gasteiger partial charge is 0.354 e. The molecule has 18 heavy (non-hydrogen) atoms. The molecule has 0 amide bonds. The zero-order chi connectivity index (χ0) is 13.5. The predicted molar refractivity (Wildman–Crippen MR) is 74.4 cm³/mol. The topological polar surface area (TPSA) is 75.1 Å². The van der Waals surface area contributed by atoms with Gasteiger partial charge < -0.3 is 10.4 Å². The van der Waals surface area contributed by atoms with Gasteiger partial charge in [0.05, 0.1) is 0 Å². The summed E-state index contributed by atoms with van der Waals surface area (Å²) >= 11 is 1.88. The summed E-state index contributed by atoms with van der Waals surface area (Å²) in [6.45, 7) is 5.94. The van der Waals surface area contributed by atoms with Gasteiger partial charge in [-0.15, -0.1) is 0 Å². The number of aromatic carboxylic acids is 1. The van der Waals surface area contributed by atoms with Crippen LogP contribution in [0.5, 0.6) is 0 Å². The largest absolute Gasteiger partial charge is 0.477 e.